The smallest absolute Gasteiger partial charge is 0.246 e. The van der Waals surface area contributed by atoms with Gasteiger partial charge in [0.2, 0.25) is 5.91 Å². The first-order valence-corrected chi connectivity index (χ1v) is 5.28. The number of hydrogen-bond acceptors (Lipinski definition) is 3. The van der Waals surface area contributed by atoms with E-state index in [2.05, 4.69) is 10.4 Å². The highest BCUT2D eigenvalue weighted by molar-refractivity contribution is 5.90. The number of carbonyl (C=O) groups is 1. The molecular formula is C12H14N4O. The standard InChI is InChI=1S/C12H14N4O/c1-9-2-4-11(5-3-9)15-12(17)8-16-7-10(13)6-14-16/h2-7H,8,13H2,1H3,(H,15,17). The van der Waals surface area contributed by atoms with E-state index < -0.39 is 0 Å². The minimum absolute atomic E-state index is 0.128. The summed E-state index contributed by atoms with van der Waals surface area (Å²) in [6, 6.07) is 7.62. The lowest BCUT2D eigenvalue weighted by molar-refractivity contribution is -0.116. The van der Waals surface area contributed by atoms with Crippen LogP contribution in [0.5, 0.6) is 0 Å². The van der Waals surface area contributed by atoms with Crippen LogP contribution in [0.2, 0.25) is 0 Å². The first kappa shape index (κ1) is 11.2. The number of nitrogens with two attached hydrogens (primary N) is 1. The monoisotopic (exact) mass is 230 g/mol. The van der Waals surface area contributed by atoms with Crippen LogP contribution in [-0.4, -0.2) is 15.7 Å². The van der Waals surface area contributed by atoms with Crippen LogP contribution in [0.4, 0.5) is 11.4 Å². The Bertz CT molecular complexity index is 516. The molecule has 5 nitrogen and oxygen atoms in total. The summed E-state index contributed by atoms with van der Waals surface area (Å²) in [5.41, 5.74) is 7.99. The summed E-state index contributed by atoms with van der Waals surface area (Å²) in [4.78, 5) is 11.7. The number of anilines is 2. The second kappa shape index (κ2) is 4.69. The van der Waals surface area contributed by atoms with Crippen LogP contribution in [0.15, 0.2) is 36.7 Å². The van der Waals surface area contributed by atoms with Gasteiger partial charge in [-0.15, -0.1) is 0 Å². The van der Waals surface area contributed by atoms with E-state index in [0.717, 1.165) is 11.3 Å². The maximum atomic E-state index is 11.7. The lowest BCUT2D eigenvalue weighted by Crippen LogP contribution is -2.18. The summed E-state index contributed by atoms with van der Waals surface area (Å²) in [6.45, 7) is 2.16. The van der Waals surface area contributed by atoms with Gasteiger partial charge in [0.15, 0.2) is 0 Å². The number of nitrogens with one attached hydrogen (secondary N) is 1. The van der Waals surface area contributed by atoms with Gasteiger partial charge in [0.1, 0.15) is 6.54 Å². The SMILES string of the molecule is Cc1ccc(NC(=O)Cn2cc(N)cn2)cc1. The van der Waals surface area contributed by atoms with Crippen LogP contribution in [0.3, 0.4) is 0 Å². The molecular weight excluding hydrogens is 216 g/mol. The maximum Gasteiger partial charge on any atom is 0.246 e. The molecule has 2 rings (SSSR count). The summed E-state index contributed by atoms with van der Waals surface area (Å²) in [6.07, 6.45) is 3.13. The molecule has 2 aromatic rings. The van der Waals surface area contributed by atoms with Gasteiger partial charge in [0.25, 0.3) is 0 Å². The van der Waals surface area contributed by atoms with Crippen LogP contribution in [0.1, 0.15) is 5.56 Å². The predicted molar refractivity (Wildman–Crippen MR) is 66.4 cm³/mol. The van der Waals surface area contributed by atoms with E-state index in [1.165, 1.54) is 10.9 Å². The van der Waals surface area contributed by atoms with Crippen molar-refractivity contribution in [3.63, 3.8) is 0 Å². The molecule has 0 bridgehead atoms. The molecule has 0 unspecified atom stereocenters. The average molecular weight is 230 g/mol. The molecule has 3 N–H and O–H groups in total. The van der Waals surface area contributed by atoms with E-state index in [-0.39, 0.29) is 12.5 Å². The lowest BCUT2D eigenvalue weighted by atomic mass is 10.2. The summed E-state index contributed by atoms with van der Waals surface area (Å²) >= 11 is 0. The van der Waals surface area contributed by atoms with E-state index >= 15 is 0 Å². The van der Waals surface area contributed by atoms with Gasteiger partial charge in [-0.25, -0.2) is 0 Å². The molecule has 0 radical (unpaired) electrons. The van der Waals surface area contributed by atoms with Crippen LogP contribution in [0, 0.1) is 6.92 Å². The summed E-state index contributed by atoms with van der Waals surface area (Å²) in [5, 5.41) is 6.73. The molecule has 0 fully saturated rings. The minimum atomic E-state index is -0.128. The molecule has 1 amide bonds. The molecule has 5 heteroatoms. The molecule has 0 spiro atoms. The molecule has 1 heterocycles. The first-order chi connectivity index (χ1) is 8.13. The molecule has 1 aromatic heterocycles. The number of rotatable bonds is 3. The van der Waals surface area contributed by atoms with Gasteiger partial charge in [0, 0.05) is 11.9 Å². The Morgan fingerprint density at radius 2 is 2.12 bits per heavy atom. The number of nitrogens with zero attached hydrogens (tertiary/aromatic N) is 2. The third-order valence-corrected chi connectivity index (χ3v) is 2.29. The fraction of sp³-hybridized carbons (Fsp3) is 0.167. The number of aryl methyl sites for hydroxylation is 1. The number of hydrogen-bond donors (Lipinski definition) is 2. The topological polar surface area (TPSA) is 72.9 Å². The predicted octanol–water partition coefficient (Wildman–Crippen LogP) is 1.41. The van der Waals surface area contributed by atoms with Gasteiger partial charge < -0.3 is 11.1 Å². The highest BCUT2D eigenvalue weighted by Crippen LogP contribution is 2.08. The number of benzene rings is 1. The van der Waals surface area contributed by atoms with E-state index in [1.54, 1.807) is 6.20 Å². The summed E-state index contributed by atoms with van der Waals surface area (Å²) in [5.74, 6) is -0.128. The molecule has 0 atom stereocenters. The van der Waals surface area contributed by atoms with E-state index in [0.29, 0.717) is 5.69 Å². The Kier molecular flexibility index (Phi) is 3.09. The quantitative estimate of drug-likeness (QED) is 0.837. The van der Waals surface area contributed by atoms with Crippen molar-refractivity contribution >= 4 is 17.3 Å². The Balaban J connectivity index is 1.95. The average Bonchev–Trinajstić information content (AvgIpc) is 2.67. The van der Waals surface area contributed by atoms with E-state index in [9.17, 15) is 4.79 Å². The lowest BCUT2D eigenvalue weighted by Gasteiger charge is -2.05. The highest BCUT2D eigenvalue weighted by atomic mass is 16.2. The fourth-order valence-electron chi connectivity index (χ4n) is 1.45. The second-order valence-electron chi connectivity index (χ2n) is 3.89. The largest absolute Gasteiger partial charge is 0.396 e. The Morgan fingerprint density at radius 1 is 1.41 bits per heavy atom. The van der Waals surface area contributed by atoms with Crippen LogP contribution < -0.4 is 11.1 Å². The number of amides is 1. The minimum Gasteiger partial charge on any atom is -0.396 e. The molecule has 1 aromatic carbocycles. The second-order valence-corrected chi connectivity index (χ2v) is 3.89. The van der Waals surface area contributed by atoms with Gasteiger partial charge in [0.05, 0.1) is 11.9 Å². The molecule has 0 aliphatic heterocycles. The molecule has 88 valence electrons. The van der Waals surface area contributed by atoms with Crippen molar-refractivity contribution < 1.29 is 4.79 Å². The molecule has 0 aliphatic carbocycles. The van der Waals surface area contributed by atoms with Crippen molar-refractivity contribution in [1.82, 2.24) is 9.78 Å². The highest BCUT2D eigenvalue weighted by Gasteiger charge is 2.04. The number of carbonyl (C=O) groups excluding carboxylic acids is 1. The Hall–Kier alpha value is -2.30. The number of nitrogen functional groups attached to an aromatic ring is 1. The Labute approximate surface area is 99.2 Å². The fourth-order valence-corrected chi connectivity index (χ4v) is 1.45. The van der Waals surface area contributed by atoms with Gasteiger partial charge in [-0.2, -0.15) is 5.10 Å². The van der Waals surface area contributed by atoms with Gasteiger partial charge in [-0.1, -0.05) is 17.7 Å². The maximum absolute atomic E-state index is 11.7. The van der Waals surface area contributed by atoms with Crippen molar-refractivity contribution in [2.75, 3.05) is 11.1 Å². The summed E-state index contributed by atoms with van der Waals surface area (Å²) < 4.78 is 1.50. The molecule has 0 saturated heterocycles. The zero-order valence-corrected chi connectivity index (χ0v) is 9.55. The molecule has 0 aliphatic rings. The van der Waals surface area contributed by atoms with Gasteiger partial charge in [-0.05, 0) is 19.1 Å². The van der Waals surface area contributed by atoms with Crippen LogP contribution in [-0.2, 0) is 11.3 Å². The van der Waals surface area contributed by atoms with Crippen LogP contribution in [0.25, 0.3) is 0 Å². The van der Waals surface area contributed by atoms with Crippen molar-refractivity contribution in [2.24, 2.45) is 0 Å². The zero-order chi connectivity index (χ0) is 12.3. The van der Waals surface area contributed by atoms with Gasteiger partial charge >= 0.3 is 0 Å². The first-order valence-electron chi connectivity index (χ1n) is 5.28. The third kappa shape index (κ3) is 3.07. The summed E-state index contributed by atoms with van der Waals surface area (Å²) in [7, 11) is 0. The van der Waals surface area contributed by atoms with Crippen molar-refractivity contribution in [2.45, 2.75) is 13.5 Å². The molecule has 17 heavy (non-hydrogen) atoms. The van der Waals surface area contributed by atoms with Crippen LogP contribution >= 0.6 is 0 Å². The van der Waals surface area contributed by atoms with Crippen molar-refractivity contribution in [1.29, 1.82) is 0 Å². The van der Waals surface area contributed by atoms with Gasteiger partial charge in [-0.3, -0.25) is 9.48 Å². The third-order valence-electron chi connectivity index (χ3n) is 2.29. The number of aromatic nitrogens is 2. The van der Waals surface area contributed by atoms with Crippen molar-refractivity contribution in [3.05, 3.63) is 42.2 Å². The zero-order valence-electron chi connectivity index (χ0n) is 9.55. The van der Waals surface area contributed by atoms with Crippen molar-refractivity contribution in [3.8, 4) is 0 Å². The molecule has 0 saturated carbocycles. The normalized spacial score (nSPS) is 10.2. The van der Waals surface area contributed by atoms with E-state index in [1.807, 2.05) is 31.2 Å². The Morgan fingerprint density at radius 3 is 2.71 bits per heavy atom. The van der Waals surface area contributed by atoms with E-state index in [4.69, 9.17) is 5.73 Å².